The van der Waals surface area contributed by atoms with Crippen LogP contribution in [0, 0.1) is 6.92 Å². The molecule has 1 rings (SSSR count). The van der Waals surface area contributed by atoms with Crippen molar-refractivity contribution in [3.05, 3.63) is 29.3 Å². The van der Waals surface area contributed by atoms with Gasteiger partial charge < -0.3 is 14.2 Å². The molecule has 0 heterocycles. The number of nitrogens with one attached hydrogen (secondary N) is 1. The maximum absolute atomic E-state index is 13.0. The minimum Gasteiger partial charge on any atom is -0.468 e. The molecule has 0 fully saturated rings. The number of amides is 1. The molecule has 1 aromatic carbocycles. The van der Waals surface area contributed by atoms with E-state index in [1.54, 1.807) is 53.2 Å². The van der Waals surface area contributed by atoms with Crippen LogP contribution in [0.4, 0.5) is 10.5 Å². The van der Waals surface area contributed by atoms with E-state index in [0.29, 0.717) is 9.98 Å². The van der Waals surface area contributed by atoms with Crippen molar-refractivity contribution in [1.29, 1.82) is 0 Å². The predicted octanol–water partition coefficient (Wildman–Crippen LogP) is 2.48. The van der Waals surface area contributed by atoms with Crippen molar-refractivity contribution in [2.45, 2.75) is 59.7 Å². The summed E-state index contributed by atoms with van der Waals surface area (Å²) in [6.45, 7) is 10.6. The van der Waals surface area contributed by atoms with Crippen LogP contribution in [-0.4, -0.2) is 62.8 Å². The summed E-state index contributed by atoms with van der Waals surface area (Å²) in [6.07, 6.45) is -1.25. The van der Waals surface area contributed by atoms with E-state index in [1.165, 1.54) is 18.2 Å². The van der Waals surface area contributed by atoms with Gasteiger partial charge in [-0.25, -0.2) is 14.3 Å². The maximum atomic E-state index is 13.0. The summed E-state index contributed by atoms with van der Waals surface area (Å²) < 4.78 is 43.1. The van der Waals surface area contributed by atoms with Crippen molar-refractivity contribution in [2.75, 3.05) is 25.9 Å². The molecule has 0 saturated carbocycles. The Hall–Kier alpha value is -2.90. The van der Waals surface area contributed by atoms with Crippen LogP contribution in [0.2, 0.25) is 0 Å². The highest BCUT2D eigenvalue weighted by atomic mass is 32.2. The Kier molecular flexibility index (Phi) is 9.44. The summed E-state index contributed by atoms with van der Waals surface area (Å²) >= 11 is 0. The average molecular weight is 504 g/mol. The molecule has 12 nitrogen and oxygen atoms in total. The topological polar surface area (TPSA) is 141 Å². The van der Waals surface area contributed by atoms with Crippen molar-refractivity contribution in [3.8, 4) is 0 Å². The smallest absolute Gasteiger partial charge is 0.422 e. The third kappa shape index (κ3) is 8.80. The SMILES string of the molecule is COC(=O)CN(N(OC)c1ccc(C(=O)OC(C)(C)C)cc1C)S(=O)(=O)NC(=O)OC(C)(C)C. The van der Waals surface area contributed by atoms with Gasteiger partial charge in [0.1, 0.15) is 17.7 Å². The van der Waals surface area contributed by atoms with E-state index in [0.717, 1.165) is 19.4 Å². The number of rotatable bonds is 8. The third-order valence-electron chi connectivity index (χ3n) is 3.79. The molecular formula is C21H33N3O9S. The first-order valence-corrected chi connectivity index (χ1v) is 11.6. The van der Waals surface area contributed by atoms with Gasteiger partial charge in [0.05, 0.1) is 25.5 Å². The number of nitrogens with zero attached hydrogens (tertiary/aromatic N) is 2. The van der Waals surface area contributed by atoms with Crippen LogP contribution in [-0.2, 0) is 34.1 Å². The van der Waals surface area contributed by atoms with Gasteiger partial charge in [0.2, 0.25) is 0 Å². The largest absolute Gasteiger partial charge is 0.468 e. The number of carbonyl (C=O) groups excluding carboxylic acids is 3. The molecule has 0 unspecified atom stereocenters. The minimum atomic E-state index is -4.71. The zero-order valence-corrected chi connectivity index (χ0v) is 21.7. The number of methoxy groups -OCH3 is 1. The maximum Gasteiger partial charge on any atom is 0.422 e. The lowest BCUT2D eigenvalue weighted by Crippen LogP contribution is -2.55. The first kappa shape index (κ1) is 29.1. The van der Waals surface area contributed by atoms with Gasteiger partial charge in [-0.3, -0.25) is 9.63 Å². The third-order valence-corrected chi connectivity index (χ3v) is 5.05. The van der Waals surface area contributed by atoms with E-state index in [2.05, 4.69) is 4.74 Å². The van der Waals surface area contributed by atoms with Gasteiger partial charge >= 0.3 is 28.2 Å². The van der Waals surface area contributed by atoms with Crippen molar-refractivity contribution in [2.24, 2.45) is 0 Å². The van der Waals surface area contributed by atoms with Gasteiger partial charge in [-0.05, 0) is 72.2 Å². The molecule has 0 aromatic heterocycles. The highest BCUT2D eigenvalue weighted by Crippen LogP contribution is 2.26. The second-order valence-electron chi connectivity index (χ2n) is 9.12. The fraction of sp³-hybridized carbons (Fsp3) is 0.571. The van der Waals surface area contributed by atoms with Crippen LogP contribution in [0.3, 0.4) is 0 Å². The first-order valence-electron chi connectivity index (χ1n) is 10.2. The molecular weight excluding hydrogens is 470 g/mol. The van der Waals surface area contributed by atoms with Crippen molar-refractivity contribution < 1.29 is 41.8 Å². The minimum absolute atomic E-state index is 0.160. The number of carbonyl (C=O) groups is 3. The number of hydrazine groups is 1. The van der Waals surface area contributed by atoms with Crippen LogP contribution < -0.4 is 9.89 Å². The zero-order valence-electron chi connectivity index (χ0n) is 20.9. The monoisotopic (exact) mass is 503 g/mol. The molecule has 13 heteroatoms. The fourth-order valence-corrected chi connectivity index (χ4v) is 3.51. The average Bonchev–Trinajstić information content (AvgIpc) is 2.65. The van der Waals surface area contributed by atoms with Crippen molar-refractivity contribution >= 4 is 33.9 Å². The lowest BCUT2D eigenvalue weighted by atomic mass is 10.1. The molecule has 0 aliphatic rings. The zero-order chi connectivity index (χ0) is 26.5. The van der Waals surface area contributed by atoms with Gasteiger partial charge in [0, 0.05) is 0 Å². The Morgan fingerprint density at radius 3 is 1.97 bits per heavy atom. The number of esters is 2. The van der Waals surface area contributed by atoms with E-state index in [9.17, 15) is 22.8 Å². The summed E-state index contributed by atoms with van der Waals surface area (Å²) in [5, 5.41) is 0.776. The molecule has 192 valence electrons. The normalized spacial score (nSPS) is 12.2. The van der Waals surface area contributed by atoms with E-state index in [-0.39, 0.29) is 11.3 Å². The molecule has 0 saturated heterocycles. The summed E-state index contributed by atoms with van der Waals surface area (Å²) in [4.78, 5) is 41.7. The first-order chi connectivity index (χ1) is 15.4. The van der Waals surface area contributed by atoms with Gasteiger partial charge in [0.15, 0.2) is 0 Å². The number of ether oxygens (including phenoxy) is 3. The van der Waals surface area contributed by atoms with Gasteiger partial charge in [-0.1, -0.05) is 4.41 Å². The highest BCUT2D eigenvalue weighted by molar-refractivity contribution is 7.87. The highest BCUT2D eigenvalue weighted by Gasteiger charge is 2.35. The van der Waals surface area contributed by atoms with Gasteiger partial charge in [0.25, 0.3) is 0 Å². The van der Waals surface area contributed by atoms with E-state index >= 15 is 0 Å². The molecule has 0 bridgehead atoms. The van der Waals surface area contributed by atoms with Gasteiger partial charge in [-0.15, -0.1) is 0 Å². The second kappa shape index (κ2) is 11.0. The van der Waals surface area contributed by atoms with Crippen LogP contribution in [0.25, 0.3) is 0 Å². The molecule has 0 aliphatic heterocycles. The Labute approximate surface area is 200 Å². The summed E-state index contributed by atoms with van der Waals surface area (Å²) in [5.74, 6) is -1.50. The second-order valence-corrected chi connectivity index (χ2v) is 10.7. The molecule has 0 spiro atoms. The lowest BCUT2D eigenvalue weighted by Gasteiger charge is -2.33. The van der Waals surface area contributed by atoms with Crippen LogP contribution in [0.15, 0.2) is 18.2 Å². The Balaban J connectivity index is 3.39. The van der Waals surface area contributed by atoms with Crippen LogP contribution in [0.1, 0.15) is 57.5 Å². The molecule has 0 aliphatic carbocycles. The molecule has 1 amide bonds. The Morgan fingerprint density at radius 1 is 0.971 bits per heavy atom. The standard InChI is InChI=1S/C21H33N3O9S/c1-14-12-15(18(26)32-20(2,3)4)10-11-16(14)24(31-9)23(13-17(25)30-8)34(28,29)22-19(27)33-21(5,6)7/h10-12H,13H2,1-9H3,(H,22,27). The fourth-order valence-electron chi connectivity index (χ4n) is 2.52. The predicted molar refractivity (Wildman–Crippen MR) is 123 cm³/mol. The number of hydrogen-bond acceptors (Lipinski definition) is 10. The Morgan fingerprint density at radius 2 is 1.53 bits per heavy atom. The Bertz CT molecular complexity index is 1010. The van der Waals surface area contributed by atoms with Crippen molar-refractivity contribution in [1.82, 2.24) is 9.14 Å². The summed E-state index contributed by atoms with van der Waals surface area (Å²) in [5.41, 5.74) is -0.884. The molecule has 34 heavy (non-hydrogen) atoms. The molecule has 0 radical (unpaired) electrons. The van der Waals surface area contributed by atoms with E-state index in [4.69, 9.17) is 14.3 Å². The quantitative estimate of drug-likeness (QED) is 0.319. The lowest BCUT2D eigenvalue weighted by molar-refractivity contribution is -0.142. The molecule has 0 atom stereocenters. The van der Waals surface area contributed by atoms with Gasteiger partial charge in [-0.2, -0.15) is 13.6 Å². The summed E-state index contributed by atoms with van der Waals surface area (Å²) in [6, 6.07) is 4.29. The number of hydrogen-bond donors (Lipinski definition) is 1. The number of aryl methyl sites for hydroxylation is 1. The summed E-state index contributed by atoms with van der Waals surface area (Å²) in [7, 11) is -2.47. The van der Waals surface area contributed by atoms with E-state index in [1.807, 2.05) is 0 Å². The van der Waals surface area contributed by atoms with Crippen LogP contribution >= 0.6 is 0 Å². The van der Waals surface area contributed by atoms with E-state index < -0.39 is 46.0 Å². The van der Waals surface area contributed by atoms with Crippen molar-refractivity contribution in [3.63, 3.8) is 0 Å². The molecule has 1 N–H and O–H groups in total. The van der Waals surface area contributed by atoms with Crippen LogP contribution in [0.5, 0.6) is 0 Å². The number of benzene rings is 1. The molecule has 1 aromatic rings. The number of anilines is 1.